The molecule has 0 unspecified atom stereocenters. The molecule has 1 heterocycles. The molecule has 0 saturated carbocycles. The lowest BCUT2D eigenvalue weighted by Gasteiger charge is -2.03. The molecule has 0 amide bonds. The molecular weight excluding hydrogens is 198 g/mol. The van der Waals surface area contributed by atoms with Crippen molar-refractivity contribution < 1.29 is 9.21 Å². The standard InChI is InChI=1S/C10H13NO2S/c1-3-11-10(14-2)7-8(12)9-5-4-6-13-9/h4-7,11H,3H2,1-2H3. The molecule has 1 N–H and O–H groups in total. The molecule has 3 nitrogen and oxygen atoms in total. The summed E-state index contributed by atoms with van der Waals surface area (Å²) >= 11 is 1.51. The average Bonchev–Trinajstić information content (AvgIpc) is 2.69. The first-order valence-electron chi connectivity index (χ1n) is 4.35. The molecule has 4 heteroatoms. The molecule has 0 atom stereocenters. The molecule has 0 radical (unpaired) electrons. The van der Waals surface area contributed by atoms with Crippen LogP contribution < -0.4 is 5.32 Å². The van der Waals surface area contributed by atoms with Crippen LogP contribution in [0.2, 0.25) is 0 Å². The molecule has 1 rings (SSSR count). The number of carbonyl (C=O) groups excluding carboxylic acids is 1. The van der Waals surface area contributed by atoms with Gasteiger partial charge in [-0.1, -0.05) is 0 Å². The van der Waals surface area contributed by atoms with Crippen molar-refractivity contribution in [1.82, 2.24) is 5.32 Å². The molecule has 0 aromatic carbocycles. The van der Waals surface area contributed by atoms with Crippen molar-refractivity contribution in [3.8, 4) is 0 Å². The van der Waals surface area contributed by atoms with E-state index < -0.39 is 0 Å². The van der Waals surface area contributed by atoms with E-state index in [1.54, 1.807) is 18.2 Å². The predicted octanol–water partition coefficient (Wildman–Crippen LogP) is 2.28. The van der Waals surface area contributed by atoms with Gasteiger partial charge in [-0.15, -0.1) is 11.8 Å². The topological polar surface area (TPSA) is 42.2 Å². The highest BCUT2D eigenvalue weighted by atomic mass is 32.2. The fraction of sp³-hybridized carbons (Fsp3) is 0.300. The van der Waals surface area contributed by atoms with E-state index in [-0.39, 0.29) is 5.78 Å². The fourth-order valence-electron chi connectivity index (χ4n) is 0.965. The summed E-state index contributed by atoms with van der Waals surface area (Å²) in [4.78, 5) is 11.5. The van der Waals surface area contributed by atoms with Crippen molar-refractivity contribution in [3.63, 3.8) is 0 Å². The Morgan fingerprint density at radius 2 is 2.50 bits per heavy atom. The Balaban J connectivity index is 2.70. The summed E-state index contributed by atoms with van der Waals surface area (Å²) in [5.41, 5.74) is 0. The first kappa shape index (κ1) is 10.9. The number of carbonyl (C=O) groups is 1. The minimum absolute atomic E-state index is 0.111. The monoisotopic (exact) mass is 211 g/mol. The van der Waals surface area contributed by atoms with Gasteiger partial charge in [0.05, 0.1) is 11.3 Å². The molecular formula is C10H13NO2S. The minimum atomic E-state index is -0.111. The lowest BCUT2D eigenvalue weighted by atomic mass is 10.3. The van der Waals surface area contributed by atoms with Crippen LogP contribution in [0.15, 0.2) is 33.9 Å². The zero-order chi connectivity index (χ0) is 10.4. The number of allylic oxidation sites excluding steroid dienone is 1. The lowest BCUT2D eigenvalue weighted by molar-refractivity contribution is 0.102. The smallest absolute Gasteiger partial charge is 0.223 e. The molecule has 14 heavy (non-hydrogen) atoms. The molecule has 76 valence electrons. The third-order valence-corrected chi connectivity index (χ3v) is 2.30. The van der Waals surface area contributed by atoms with Crippen LogP contribution in [0.1, 0.15) is 17.5 Å². The summed E-state index contributed by atoms with van der Waals surface area (Å²) in [6.45, 7) is 2.79. The molecule has 0 fully saturated rings. The number of furan rings is 1. The first-order valence-corrected chi connectivity index (χ1v) is 5.57. The largest absolute Gasteiger partial charge is 0.461 e. The lowest BCUT2D eigenvalue weighted by Crippen LogP contribution is -2.11. The summed E-state index contributed by atoms with van der Waals surface area (Å²) in [6.07, 6.45) is 4.96. The highest BCUT2D eigenvalue weighted by molar-refractivity contribution is 8.02. The highest BCUT2D eigenvalue weighted by Gasteiger charge is 2.06. The van der Waals surface area contributed by atoms with Crippen LogP contribution in [0.3, 0.4) is 0 Å². The predicted molar refractivity (Wildman–Crippen MR) is 58.3 cm³/mol. The van der Waals surface area contributed by atoms with Crippen molar-refractivity contribution in [2.24, 2.45) is 0 Å². The maximum atomic E-state index is 11.5. The van der Waals surface area contributed by atoms with Gasteiger partial charge in [0.15, 0.2) is 5.76 Å². The van der Waals surface area contributed by atoms with E-state index in [0.717, 1.165) is 11.6 Å². The van der Waals surface area contributed by atoms with Gasteiger partial charge in [-0.25, -0.2) is 0 Å². The Bertz CT molecular complexity index is 317. The molecule has 1 aromatic rings. The van der Waals surface area contributed by atoms with Crippen molar-refractivity contribution in [1.29, 1.82) is 0 Å². The van der Waals surface area contributed by atoms with E-state index in [0.29, 0.717) is 5.76 Å². The number of rotatable bonds is 5. The van der Waals surface area contributed by atoms with E-state index in [1.165, 1.54) is 18.0 Å². The van der Waals surface area contributed by atoms with Crippen molar-refractivity contribution in [3.05, 3.63) is 35.3 Å². The number of ketones is 1. The van der Waals surface area contributed by atoms with Crippen molar-refractivity contribution in [2.45, 2.75) is 6.92 Å². The summed E-state index contributed by atoms with van der Waals surface area (Å²) < 4.78 is 4.99. The van der Waals surface area contributed by atoms with Crippen LogP contribution in [0.25, 0.3) is 0 Å². The van der Waals surface area contributed by atoms with Gasteiger partial charge in [-0.2, -0.15) is 0 Å². The molecule has 0 bridgehead atoms. The SMILES string of the molecule is CCNC(=CC(=O)c1ccco1)SC. The maximum Gasteiger partial charge on any atom is 0.223 e. The zero-order valence-corrected chi connectivity index (χ0v) is 9.06. The van der Waals surface area contributed by atoms with Gasteiger partial charge >= 0.3 is 0 Å². The maximum absolute atomic E-state index is 11.5. The van der Waals surface area contributed by atoms with Crippen LogP contribution in [0, 0.1) is 0 Å². The third kappa shape index (κ3) is 2.96. The van der Waals surface area contributed by atoms with Gasteiger partial charge in [0, 0.05) is 12.6 Å². The van der Waals surface area contributed by atoms with Gasteiger partial charge in [0.25, 0.3) is 0 Å². The van der Waals surface area contributed by atoms with Gasteiger partial charge < -0.3 is 9.73 Å². The Hall–Kier alpha value is -1.16. The molecule has 0 aliphatic rings. The van der Waals surface area contributed by atoms with Gasteiger partial charge in [0.1, 0.15) is 0 Å². The van der Waals surface area contributed by atoms with Crippen LogP contribution in [-0.2, 0) is 0 Å². The summed E-state index contributed by atoms with van der Waals surface area (Å²) in [6, 6.07) is 3.36. The quantitative estimate of drug-likeness (QED) is 0.599. The van der Waals surface area contributed by atoms with Crippen molar-refractivity contribution in [2.75, 3.05) is 12.8 Å². The second-order valence-corrected chi connectivity index (χ2v) is 3.43. The van der Waals surface area contributed by atoms with E-state index >= 15 is 0 Å². The van der Waals surface area contributed by atoms with Crippen LogP contribution in [0.4, 0.5) is 0 Å². The Morgan fingerprint density at radius 1 is 1.71 bits per heavy atom. The third-order valence-electron chi connectivity index (χ3n) is 1.60. The Labute approximate surface area is 87.6 Å². The number of thioether (sulfide) groups is 1. The Kier molecular flexibility index (Phi) is 4.32. The van der Waals surface area contributed by atoms with Crippen molar-refractivity contribution >= 4 is 17.5 Å². The zero-order valence-electron chi connectivity index (χ0n) is 8.24. The van der Waals surface area contributed by atoms with Crippen LogP contribution in [-0.4, -0.2) is 18.6 Å². The average molecular weight is 211 g/mol. The second-order valence-electron chi connectivity index (χ2n) is 2.58. The Morgan fingerprint density at radius 3 is 3.00 bits per heavy atom. The van der Waals surface area contributed by atoms with Crippen LogP contribution in [0.5, 0.6) is 0 Å². The summed E-state index contributed by atoms with van der Waals surface area (Å²) in [5, 5.41) is 3.94. The van der Waals surface area contributed by atoms with Gasteiger partial charge in [-0.3, -0.25) is 4.79 Å². The van der Waals surface area contributed by atoms with E-state index in [2.05, 4.69) is 5.32 Å². The summed E-state index contributed by atoms with van der Waals surface area (Å²) in [7, 11) is 0. The number of nitrogens with one attached hydrogen (secondary N) is 1. The summed E-state index contributed by atoms with van der Waals surface area (Å²) in [5.74, 6) is 0.259. The van der Waals surface area contributed by atoms with Gasteiger partial charge in [-0.05, 0) is 25.3 Å². The molecule has 0 spiro atoms. The minimum Gasteiger partial charge on any atom is -0.461 e. The number of hydrogen-bond donors (Lipinski definition) is 1. The molecule has 0 saturated heterocycles. The van der Waals surface area contributed by atoms with E-state index in [4.69, 9.17) is 4.42 Å². The van der Waals surface area contributed by atoms with Gasteiger partial charge in [0.2, 0.25) is 5.78 Å². The normalized spacial score (nSPS) is 11.4. The highest BCUT2D eigenvalue weighted by Crippen LogP contribution is 2.10. The number of hydrogen-bond acceptors (Lipinski definition) is 4. The van der Waals surface area contributed by atoms with E-state index in [9.17, 15) is 4.79 Å². The first-order chi connectivity index (χ1) is 6.77. The second kappa shape index (κ2) is 5.54. The molecule has 1 aromatic heterocycles. The fourth-order valence-corrected chi connectivity index (χ4v) is 1.48. The molecule has 0 aliphatic carbocycles. The molecule has 0 aliphatic heterocycles. The van der Waals surface area contributed by atoms with E-state index in [1.807, 2.05) is 13.2 Å². The van der Waals surface area contributed by atoms with Crippen LogP contribution >= 0.6 is 11.8 Å².